The highest BCUT2D eigenvalue weighted by atomic mass is 127. The lowest BCUT2D eigenvalue weighted by molar-refractivity contribution is 0.409. The van der Waals surface area contributed by atoms with E-state index in [2.05, 4.69) is 54.5 Å². The predicted molar refractivity (Wildman–Crippen MR) is 61.1 cm³/mol. The Morgan fingerprint density at radius 3 is 2.45 bits per heavy atom. The smallest absolute Gasteiger partial charge is 0.146 e. The average molecular weight is 392 g/mol. The van der Waals surface area contributed by atoms with Crippen molar-refractivity contribution in [3.63, 3.8) is 0 Å². The molecule has 0 atom stereocenters. The van der Waals surface area contributed by atoms with Gasteiger partial charge in [0.1, 0.15) is 5.75 Å². The van der Waals surface area contributed by atoms with Gasteiger partial charge in [-0.2, -0.15) is 0 Å². The number of hydrogen-bond donors (Lipinski definition) is 0. The van der Waals surface area contributed by atoms with Crippen LogP contribution < -0.4 is 4.74 Å². The van der Waals surface area contributed by atoms with Crippen molar-refractivity contribution in [2.75, 3.05) is 7.11 Å². The van der Waals surface area contributed by atoms with E-state index in [0.29, 0.717) is 0 Å². The van der Waals surface area contributed by atoms with Gasteiger partial charge in [0.05, 0.1) is 15.2 Å². The highest BCUT2D eigenvalue weighted by molar-refractivity contribution is 14.1. The quantitative estimate of drug-likeness (QED) is 0.661. The molecule has 0 fully saturated rings. The molecule has 0 radical (unpaired) electrons. The van der Waals surface area contributed by atoms with Gasteiger partial charge >= 0.3 is 0 Å². The number of ether oxygens (including phenoxy) is 1. The maximum Gasteiger partial charge on any atom is 0.146 e. The second kappa shape index (κ2) is 4.09. The molecule has 0 aromatic heterocycles. The van der Waals surface area contributed by atoms with Gasteiger partial charge in [-0.3, -0.25) is 0 Å². The Hall–Kier alpha value is 0.710. The molecule has 1 aromatic carbocycles. The summed E-state index contributed by atoms with van der Waals surface area (Å²) < 4.78 is 8.27. The molecule has 0 spiro atoms. The van der Waals surface area contributed by atoms with Crippen LogP contribution in [0, 0.1) is 3.57 Å². The van der Waals surface area contributed by atoms with E-state index in [9.17, 15) is 0 Å². The number of benzene rings is 1. The van der Waals surface area contributed by atoms with E-state index >= 15 is 0 Å². The monoisotopic (exact) mass is 390 g/mol. The van der Waals surface area contributed by atoms with Crippen molar-refractivity contribution in [3.05, 3.63) is 24.6 Å². The van der Waals surface area contributed by atoms with Gasteiger partial charge in [-0.1, -0.05) is 15.9 Å². The highest BCUT2D eigenvalue weighted by Crippen LogP contribution is 2.33. The summed E-state index contributed by atoms with van der Waals surface area (Å²) in [7, 11) is 1.66. The molecule has 11 heavy (non-hydrogen) atoms. The maximum atomic E-state index is 5.16. The third-order valence-corrected chi connectivity index (χ3v) is 3.02. The van der Waals surface area contributed by atoms with Gasteiger partial charge in [-0.05, 0) is 50.7 Å². The molecule has 0 saturated heterocycles. The molecular formula is C7H5Br2IO. The Morgan fingerprint density at radius 2 is 2.00 bits per heavy atom. The highest BCUT2D eigenvalue weighted by Gasteiger charge is 2.05. The molecule has 0 aliphatic heterocycles. The summed E-state index contributed by atoms with van der Waals surface area (Å²) >= 11 is 9.01. The van der Waals surface area contributed by atoms with Gasteiger partial charge in [-0.25, -0.2) is 0 Å². The molecule has 1 aromatic rings. The molecule has 0 heterocycles. The van der Waals surface area contributed by atoms with Crippen molar-refractivity contribution in [1.29, 1.82) is 0 Å². The van der Waals surface area contributed by atoms with Crippen molar-refractivity contribution in [2.45, 2.75) is 0 Å². The minimum absolute atomic E-state index is 0.883. The molecule has 0 aliphatic rings. The van der Waals surface area contributed by atoms with Gasteiger partial charge in [0, 0.05) is 4.47 Å². The molecule has 0 amide bonds. The van der Waals surface area contributed by atoms with Crippen LogP contribution in [0.25, 0.3) is 0 Å². The van der Waals surface area contributed by atoms with Crippen LogP contribution in [-0.2, 0) is 0 Å². The average Bonchev–Trinajstić information content (AvgIpc) is 1.85. The first-order chi connectivity index (χ1) is 5.15. The zero-order valence-electron chi connectivity index (χ0n) is 5.70. The molecule has 1 rings (SSSR count). The fourth-order valence-corrected chi connectivity index (χ4v) is 3.76. The minimum Gasteiger partial charge on any atom is -0.494 e. The summed E-state index contributed by atoms with van der Waals surface area (Å²) in [5.74, 6) is 0.883. The molecule has 4 heteroatoms. The predicted octanol–water partition coefficient (Wildman–Crippen LogP) is 3.82. The van der Waals surface area contributed by atoms with Crippen molar-refractivity contribution >= 4 is 54.5 Å². The third kappa shape index (κ3) is 2.32. The van der Waals surface area contributed by atoms with Crippen LogP contribution in [0.5, 0.6) is 5.75 Å². The van der Waals surface area contributed by atoms with Crippen LogP contribution in [-0.4, -0.2) is 7.11 Å². The SMILES string of the molecule is COc1c(Br)cc(Br)cc1I. The second-order valence-corrected chi connectivity index (χ2v) is 4.83. The van der Waals surface area contributed by atoms with Gasteiger partial charge < -0.3 is 4.74 Å². The number of rotatable bonds is 1. The van der Waals surface area contributed by atoms with E-state index in [1.807, 2.05) is 12.1 Å². The zero-order chi connectivity index (χ0) is 8.43. The lowest BCUT2D eigenvalue weighted by Crippen LogP contribution is -1.87. The first kappa shape index (κ1) is 9.80. The van der Waals surface area contributed by atoms with Crippen LogP contribution in [0.2, 0.25) is 0 Å². The summed E-state index contributed by atoms with van der Waals surface area (Å²) in [5, 5.41) is 0. The lowest BCUT2D eigenvalue weighted by atomic mass is 10.3. The Morgan fingerprint density at radius 1 is 1.36 bits per heavy atom. The van der Waals surface area contributed by atoms with Gasteiger partial charge in [-0.15, -0.1) is 0 Å². The zero-order valence-corrected chi connectivity index (χ0v) is 11.0. The van der Waals surface area contributed by atoms with Gasteiger partial charge in [0.2, 0.25) is 0 Å². The first-order valence-electron chi connectivity index (χ1n) is 2.83. The van der Waals surface area contributed by atoms with Crippen molar-refractivity contribution in [2.24, 2.45) is 0 Å². The van der Waals surface area contributed by atoms with Gasteiger partial charge in [0.25, 0.3) is 0 Å². The summed E-state index contributed by atoms with van der Waals surface area (Å²) in [6, 6.07) is 3.96. The van der Waals surface area contributed by atoms with Crippen molar-refractivity contribution in [3.8, 4) is 5.75 Å². The van der Waals surface area contributed by atoms with E-state index in [1.54, 1.807) is 7.11 Å². The molecule has 0 saturated carbocycles. The molecule has 1 nitrogen and oxygen atoms in total. The Kier molecular flexibility index (Phi) is 3.64. The Labute approximate surface area is 95.9 Å². The number of methoxy groups -OCH3 is 1. The molecule has 0 N–H and O–H groups in total. The molecule has 0 bridgehead atoms. The van der Waals surface area contributed by atoms with E-state index in [0.717, 1.165) is 18.3 Å². The van der Waals surface area contributed by atoms with E-state index in [4.69, 9.17) is 4.74 Å². The largest absolute Gasteiger partial charge is 0.494 e. The normalized spacial score (nSPS) is 9.82. The van der Waals surface area contributed by atoms with Crippen LogP contribution in [0.3, 0.4) is 0 Å². The summed E-state index contributed by atoms with van der Waals surface area (Å²) in [4.78, 5) is 0. The van der Waals surface area contributed by atoms with Crippen LogP contribution in [0.4, 0.5) is 0 Å². The van der Waals surface area contributed by atoms with Crippen molar-refractivity contribution in [1.82, 2.24) is 0 Å². The van der Waals surface area contributed by atoms with Crippen LogP contribution in [0.1, 0.15) is 0 Å². The Balaban J connectivity index is 3.25. The molecular weight excluding hydrogens is 387 g/mol. The fourth-order valence-electron chi connectivity index (χ4n) is 0.724. The standard InChI is InChI=1S/C7H5Br2IO/c1-11-7-5(9)2-4(8)3-6(7)10/h2-3H,1H3. The molecule has 60 valence electrons. The maximum absolute atomic E-state index is 5.16. The topological polar surface area (TPSA) is 9.23 Å². The summed E-state index contributed by atoms with van der Waals surface area (Å²) in [6.45, 7) is 0. The van der Waals surface area contributed by atoms with E-state index in [-0.39, 0.29) is 0 Å². The molecule has 0 aliphatic carbocycles. The second-order valence-electron chi connectivity index (χ2n) is 1.90. The first-order valence-corrected chi connectivity index (χ1v) is 5.50. The van der Waals surface area contributed by atoms with Gasteiger partial charge in [0.15, 0.2) is 0 Å². The number of hydrogen-bond acceptors (Lipinski definition) is 1. The van der Waals surface area contributed by atoms with Crippen LogP contribution in [0.15, 0.2) is 21.1 Å². The van der Waals surface area contributed by atoms with E-state index in [1.165, 1.54) is 0 Å². The van der Waals surface area contributed by atoms with Crippen LogP contribution >= 0.6 is 54.5 Å². The third-order valence-electron chi connectivity index (χ3n) is 1.17. The van der Waals surface area contributed by atoms with E-state index < -0.39 is 0 Å². The number of halogens is 3. The Bertz CT molecular complexity index is 252. The fraction of sp³-hybridized carbons (Fsp3) is 0.143. The molecule has 0 unspecified atom stereocenters. The minimum atomic E-state index is 0.883. The summed E-state index contributed by atoms with van der Waals surface area (Å²) in [5.41, 5.74) is 0. The van der Waals surface area contributed by atoms with Crippen molar-refractivity contribution < 1.29 is 4.74 Å². The lowest BCUT2D eigenvalue weighted by Gasteiger charge is -2.05. The summed E-state index contributed by atoms with van der Waals surface area (Å²) in [6.07, 6.45) is 0.